The number of hydrogen-bond acceptors (Lipinski definition) is 2. The second-order valence-corrected chi connectivity index (χ2v) is 4.29. The molecule has 16 heavy (non-hydrogen) atoms. The van der Waals surface area contributed by atoms with Crippen LogP contribution in [0.3, 0.4) is 0 Å². The Hall–Kier alpha value is -0.940. The van der Waals surface area contributed by atoms with Crippen LogP contribution in [0.1, 0.15) is 10.4 Å². The summed E-state index contributed by atoms with van der Waals surface area (Å²) in [6.07, 6.45) is 0. The summed E-state index contributed by atoms with van der Waals surface area (Å²) in [7, 11) is 3.46. The summed E-state index contributed by atoms with van der Waals surface area (Å²) in [5.41, 5.74) is 0.0907. The van der Waals surface area contributed by atoms with Gasteiger partial charge in [-0.05, 0) is 35.1 Å². The summed E-state index contributed by atoms with van der Waals surface area (Å²) >= 11 is 3.06. The quantitative estimate of drug-likeness (QED) is 0.918. The van der Waals surface area contributed by atoms with Crippen LogP contribution in [0.25, 0.3) is 0 Å². The highest BCUT2D eigenvalue weighted by molar-refractivity contribution is 9.10. The molecule has 0 bridgehead atoms. The van der Waals surface area contributed by atoms with E-state index < -0.39 is 5.82 Å². The van der Waals surface area contributed by atoms with Gasteiger partial charge in [0.15, 0.2) is 0 Å². The van der Waals surface area contributed by atoms with Gasteiger partial charge in [0, 0.05) is 20.1 Å². The zero-order valence-electron chi connectivity index (χ0n) is 9.26. The minimum absolute atomic E-state index is 0.0907. The van der Waals surface area contributed by atoms with Crippen LogP contribution in [-0.4, -0.2) is 38.0 Å². The van der Waals surface area contributed by atoms with E-state index in [1.807, 2.05) is 0 Å². The van der Waals surface area contributed by atoms with Crippen LogP contribution >= 0.6 is 15.9 Å². The lowest BCUT2D eigenvalue weighted by Crippen LogP contribution is -2.33. The van der Waals surface area contributed by atoms with E-state index in [0.29, 0.717) is 17.6 Å². The first-order chi connectivity index (χ1) is 7.57. The Morgan fingerprint density at radius 2 is 2.25 bits per heavy atom. The number of nitrogens with one attached hydrogen (secondary N) is 1. The molecule has 3 nitrogen and oxygen atoms in total. The molecule has 0 aromatic heterocycles. The van der Waals surface area contributed by atoms with E-state index in [4.69, 9.17) is 0 Å². The van der Waals surface area contributed by atoms with Crippen molar-refractivity contribution in [2.24, 2.45) is 0 Å². The summed E-state index contributed by atoms with van der Waals surface area (Å²) in [5.74, 6) is -0.821. The molecule has 1 amide bonds. The molecule has 0 atom stereocenters. The van der Waals surface area contributed by atoms with Crippen molar-refractivity contribution in [3.63, 3.8) is 0 Å². The molecule has 0 unspecified atom stereocenters. The lowest BCUT2D eigenvalue weighted by Gasteiger charge is -2.17. The average Bonchev–Trinajstić information content (AvgIpc) is 2.28. The highest BCUT2D eigenvalue weighted by Crippen LogP contribution is 2.19. The summed E-state index contributed by atoms with van der Waals surface area (Å²) in [5, 5.41) is 2.93. The third kappa shape index (κ3) is 3.02. The number of carbonyl (C=O) groups excluding carboxylic acids is 1. The number of rotatable bonds is 4. The number of amides is 1. The number of hydrogen-bond donors (Lipinski definition) is 1. The second-order valence-electron chi connectivity index (χ2n) is 3.43. The van der Waals surface area contributed by atoms with E-state index >= 15 is 0 Å². The number of nitrogens with zero attached hydrogens (tertiary/aromatic N) is 1. The molecule has 0 heterocycles. The van der Waals surface area contributed by atoms with Gasteiger partial charge in [0.1, 0.15) is 5.82 Å². The first-order valence-electron chi connectivity index (χ1n) is 4.92. The minimum atomic E-state index is -0.510. The van der Waals surface area contributed by atoms with E-state index in [0.717, 1.165) is 0 Å². The molecule has 0 spiro atoms. The topological polar surface area (TPSA) is 32.3 Å². The van der Waals surface area contributed by atoms with E-state index in [-0.39, 0.29) is 11.5 Å². The smallest absolute Gasteiger partial charge is 0.256 e. The molecule has 1 aromatic carbocycles. The molecule has 88 valence electrons. The van der Waals surface area contributed by atoms with Gasteiger partial charge < -0.3 is 10.2 Å². The lowest BCUT2D eigenvalue weighted by molar-refractivity contribution is 0.0792. The predicted octanol–water partition coefficient (Wildman–Crippen LogP) is 1.88. The Morgan fingerprint density at radius 1 is 1.56 bits per heavy atom. The molecule has 1 rings (SSSR count). The molecule has 0 radical (unpaired) electrons. The van der Waals surface area contributed by atoms with Gasteiger partial charge in [-0.1, -0.05) is 6.07 Å². The number of carbonyl (C=O) groups is 1. The largest absolute Gasteiger partial charge is 0.340 e. The maximum Gasteiger partial charge on any atom is 0.256 e. The van der Waals surface area contributed by atoms with Crippen molar-refractivity contribution in [2.75, 3.05) is 27.2 Å². The van der Waals surface area contributed by atoms with Crippen molar-refractivity contribution in [1.82, 2.24) is 10.2 Å². The zero-order chi connectivity index (χ0) is 12.1. The average molecular weight is 289 g/mol. The molecule has 1 aromatic rings. The molecule has 5 heteroatoms. The maximum absolute atomic E-state index is 13.6. The Bertz CT molecular complexity index is 384. The molecule has 0 saturated carbocycles. The molecule has 0 aliphatic rings. The number of likely N-dealkylation sites (N-methyl/N-ethyl adjacent to an activating group) is 2. The van der Waals surface area contributed by atoms with E-state index in [9.17, 15) is 9.18 Å². The molecule has 1 N–H and O–H groups in total. The predicted molar refractivity (Wildman–Crippen MR) is 65.0 cm³/mol. The van der Waals surface area contributed by atoms with Crippen LogP contribution in [0.4, 0.5) is 4.39 Å². The third-order valence-electron chi connectivity index (χ3n) is 2.23. The Kier molecular flexibility index (Phi) is 4.89. The molecule has 0 saturated heterocycles. The first kappa shape index (κ1) is 13.1. The zero-order valence-corrected chi connectivity index (χ0v) is 10.8. The van der Waals surface area contributed by atoms with Crippen molar-refractivity contribution in [3.8, 4) is 0 Å². The van der Waals surface area contributed by atoms with Crippen LogP contribution in [-0.2, 0) is 0 Å². The van der Waals surface area contributed by atoms with E-state index in [2.05, 4.69) is 21.2 Å². The first-order valence-corrected chi connectivity index (χ1v) is 5.71. The highest BCUT2D eigenvalue weighted by Gasteiger charge is 2.16. The van der Waals surface area contributed by atoms with Gasteiger partial charge in [-0.2, -0.15) is 0 Å². The van der Waals surface area contributed by atoms with Gasteiger partial charge in [-0.3, -0.25) is 4.79 Å². The molecule has 0 fully saturated rings. The maximum atomic E-state index is 13.6. The fourth-order valence-corrected chi connectivity index (χ4v) is 1.62. The van der Waals surface area contributed by atoms with E-state index in [1.165, 1.54) is 11.0 Å². The Labute approximate surface area is 103 Å². The van der Waals surface area contributed by atoms with Crippen molar-refractivity contribution in [1.29, 1.82) is 0 Å². The summed E-state index contributed by atoms with van der Waals surface area (Å²) in [6.45, 7) is 1.22. The monoisotopic (exact) mass is 288 g/mol. The highest BCUT2D eigenvalue weighted by atomic mass is 79.9. The second kappa shape index (κ2) is 5.96. The molecular weight excluding hydrogens is 275 g/mol. The number of halogens is 2. The van der Waals surface area contributed by atoms with Crippen LogP contribution in [0, 0.1) is 5.82 Å². The van der Waals surface area contributed by atoms with Crippen LogP contribution in [0.2, 0.25) is 0 Å². The van der Waals surface area contributed by atoms with E-state index in [1.54, 1.807) is 26.2 Å². The Balaban J connectivity index is 2.84. The summed E-state index contributed by atoms with van der Waals surface area (Å²) in [4.78, 5) is 13.3. The normalized spacial score (nSPS) is 10.2. The molecule has 0 aliphatic carbocycles. The van der Waals surface area contributed by atoms with Gasteiger partial charge in [0.25, 0.3) is 5.91 Å². The van der Waals surface area contributed by atoms with Crippen LogP contribution < -0.4 is 5.32 Å². The van der Waals surface area contributed by atoms with Crippen molar-refractivity contribution in [2.45, 2.75) is 0 Å². The summed E-state index contributed by atoms with van der Waals surface area (Å²) in [6, 6.07) is 4.70. The standard InChI is InChI=1S/C11H14BrFN2O/c1-14-6-7-15(2)11(16)8-4-3-5-9(12)10(8)13/h3-5,14H,6-7H2,1-2H3. The lowest BCUT2D eigenvalue weighted by atomic mass is 10.2. The SMILES string of the molecule is CNCCN(C)C(=O)c1cccc(Br)c1F. The van der Waals surface area contributed by atoms with Crippen molar-refractivity contribution in [3.05, 3.63) is 34.1 Å². The van der Waals surface area contributed by atoms with Gasteiger partial charge in [0.2, 0.25) is 0 Å². The minimum Gasteiger partial charge on any atom is -0.340 e. The van der Waals surface area contributed by atoms with Crippen LogP contribution in [0.5, 0.6) is 0 Å². The van der Waals surface area contributed by atoms with Crippen molar-refractivity contribution >= 4 is 21.8 Å². The number of benzene rings is 1. The fraction of sp³-hybridized carbons (Fsp3) is 0.364. The van der Waals surface area contributed by atoms with Gasteiger partial charge in [0.05, 0.1) is 10.0 Å². The third-order valence-corrected chi connectivity index (χ3v) is 2.84. The summed E-state index contributed by atoms with van der Waals surface area (Å²) < 4.78 is 13.9. The molecular formula is C11H14BrFN2O. The van der Waals surface area contributed by atoms with Gasteiger partial charge in [-0.25, -0.2) is 4.39 Å². The van der Waals surface area contributed by atoms with Crippen molar-refractivity contribution < 1.29 is 9.18 Å². The fourth-order valence-electron chi connectivity index (χ4n) is 1.26. The van der Waals surface area contributed by atoms with Gasteiger partial charge in [-0.15, -0.1) is 0 Å². The molecule has 0 aliphatic heterocycles. The van der Waals surface area contributed by atoms with Gasteiger partial charge >= 0.3 is 0 Å². The Morgan fingerprint density at radius 3 is 2.88 bits per heavy atom. The van der Waals surface area contributed by atoms with Crippen LogP contribution in [0.15, 0.2) is 22.7 Å².